The predicted molar refractivity (Wildman–Crippen MR) is 62.7 cm³/mol. The number of carboxylic acid groups (broad SMARTS) is 1. The first-order valence-electron chi connectivity index (χ1n) is 5.56. The molecule has 5 nitrogen and oxygen atoms in total. The molecule has 1 aromatic heterocycles. The molecular formula is C12H16N2O3. The SMILES string of the molecule is CCCC(CC(=O)O)NC(=O)c1ccncc1. The lowest BCUT2D eigenvalue weighted by Crippen LogP contribution is -2.36. The molecule has 17 heavy (non-hydrogen) atoms. The second-order valence-electron chi connectivity index (χ2n) is 3.79. The van der Waals surface area contributed by atoms with Crippen molar-refractivity contribution in [1.29, 1.82) is 0 Å². The Bertz CT molecular complexity index is 379. The summed E-state index contributed by atoms with van der Waals surface area (Å²) in [6.45, 7) is 1.95. The number of pyridine rings is 1. The Kier molecular flexibility index (Phi) is 5.13. The monoisotopic (exact) mass is 236 g/mol. The zero-order chi connectivity index (χ0) is 12.7. The third kappa shape index (κ3) is 4.63. The molecule has 1 rings (SSSR count). The van der Waals surface area contributed by atoms with Gasteiger partial charge in [-0.25, -0.2) is 0 Å². The number of carbonyl (C=O) groups is 2. The molecule has 1 atom stereocenters. The highest BCUT2D eigenvalue weighted by Gasteiger charge is 2.15. The highest BCUT2D eigenvalue weighted by atomic mass is 16.4. The molecule has 0 aliphatic carbocycles. The standard InChI is InChI=1S/C12H16N2O3/c1-2-3-10(8-11(15)16)14-12(17)9-4-6-13-7-5-9/h4-7,10H,2-3,8H2,1H3,(H,14,17)(H,15,16). The average molecular weight is 236 g/mol. The molecule has 1 heterocycles. The number of aromatic nitrogens is 1. The first-order valence-corrected chi connectivity index (χ1v) is 5.56. The molecule has 0 saturated heterocycles. The Labute approximate surface area is 99.9 Å². The van der Waals surface area contributed by atoms with E-state index in [4.69, 9.17) is 5.11 Å². The number of amides is 1. The van der Waals surface area contributed by atoms with Crippen molar-refractivity contribution in [3.05, 3.63) is 30.1 Å². The van der Waals surface area contributed by atoms with E-state index in [1.54, 1.807) is 12.1 Å². The number of hydrogen-bond acceptors (Lipinski definition) is 3. The van der Waals surface area contributed by atoms with Crippen LogP contribution in [0.5, 0.6) is 0 Å². The van der Waals surface area contributed by atoms with Crippen molar-refractivity contribution < 1.29 is 14.7 Å². The summed E-state index contributed by atoms with van der Waals surface area (Å²) in [4.78, 5) is 26.2. The van der Waals surface area contributed by atoms with Gasteiger partial charge in [0.1, 0.15) is 0 Å². The van der Waals surface area contributed by atoms with Gasteiger partial charge in [-0.2, -0.15) is 0 Å². The van der Waals surface area contributed by atoms with Gasteiger partial charge in [-0.15, -0.1) is 0 Å². The summed E-state index contributed by atoms with van der Waals surface area (Å²) >= 11 is 0. The van der Waals surface area contributed by atoms with Crippen molar-refractivity contribution in [3.63, 3.8) is 0 Å². The van der Waals surface area contributed by atoms with Crippen LogP contribution in [0.15, 0.2) is 24.5 Å². The molecule has 92 valence electrons. The van der Waals surface area contributed by atoms with Gasteiger partial charge in [-0.05, 0) is 18.6 Å². The molecule has 2 N–H and O–H groups in total. The second-order valence-corrected chi connectivity index (χ2v) is 3.79. The third-order valence-corrected chi connectivity index (χ3v) is 2.34. The van der Waals surface area contributed by atoms with E-state index in [1.807, 2.05) is 6.92 Å². The largest absolute Gasteiger partial charge is 0.481 e. The smallest absolute Gasteiger partial charge is 0.305 e. The van der Waals surface area contributed by atoms with Gasteiger partial charge in [0.05, 0.1) is 6.42 Å². The summed E-state index contributed by atoms with van der Waals surface area (Å²) in [7, 11) is 0. The number of aliphatic carboxylic acids is 1. The van der Waals surface area contributed by atoms with Gasteiger partial charge in [0.2, 0.25) is 0 Å². The maximum absolute atomic E-state index is 11.8. The number of carbonyl (C=O) groups excluding carboxylic acids is 1. The minimum absolute atomic E-state index is 0.0509. The molecule has 0 bridgehead atoms. The van der Waals surface area contributed by atoms with Gasteiger partial charge in [0.25, 0.3) is 5.91 Å². The van der Waals surface area contributed by atoms with Crippen LogP contribution in [-0.2, 0) is 4.79 Å². The van der Waals surface area contributed by atoms with Crippen LogP contribution >= 0.6 is 0 Å². The number of carboxylic acids is 1. The summed E-state index contributed by atoms with van der Waals surface area (Å²) in [5, 5.41) is 11.5. The molecule has 0 saturated carbocycles. The number of nitrogens with one attached hydrogen (secondary N) is 1. The summed E-state index contributed by atoms with van der Waals surface area (Å²) in [5.74, 6) is -1.16. The Morgan fingerprint density at radius 1 is 1.41 bits per heavy atom. The van der Waals surface area contributed by atoms with E-state index in [-0.39, 0.29) is 18.4 Å². The maximum Gasteiger partial charge on any atom is 0.305 e. The molecule has 0 aliphatic heterocycles. The summed E-state index contributed by atoms with van der Waals surface area (Å²) in [6, 6.07) is 2.87. The van der Waals surface area contributed by atoms with E-state index in [2.05, 4.69) is 10.3 Å². The predicted octanol–water partition coefficient (Wildman–Crippen LogP) is 1.45. The fourth-order valence-electron chi connectivity index (χ4n) is 1.56. The first-order chi connectivity index (χ1) is 8.13. The fourth-order valence-corrected chi connectivity index (χ4v) is 1.56. The van der Waals surface area contributed by atoms with Crippen molar-refractivity contribution >= 4 is 11.9 Å². The number of rotatable bonds is 6. The molecule has 1 aromatic rings. The molecule has 1 unspecified atom stereocenters. The van der Waals surface area contributed by atoms with Crippen molar-refractivity contribution in [1.82, 2.24) is 10.3 Å². The molecule has 0 radical (unpaired) electrons. The third-order valence-electron chi connectivity index (χ3n) is 2.34. The second kappa shape index (κ2) is 6.62. The van der Waals surface area contributed by atoms with Gasteiger partial charge in [-0.3, -0.25) is 14.6 Å². The van der Waals surface area contributed by atoms with Crippen molar-refractivity contribution in [2.24, 2.45) is 0 Å². The normalized spacial score (nSPS) is 11.8. The van der Waals surface area contributed by atoms with Crippen LogP contribution in [0.3, 0.4) is 0 Å². The maximum atomic E-state index is 11.8. The van der Waals surface area contributed by atoms with Crippen LogP contribution in [-0.4, -0.2) is 28.0 Å². The number of nitrogens with zero attached hydrogens (tertiary/aromatic N) is 1. The van der Waals surface area contributed by atoms with Crippen LogP contribution in [0, 0.1) is 0 Å². The van der Waals surface area contributed by atoms with Crippen LogP contribution in [0.4, 0.5) is 0 Å². The molecule has 1 amide bonds. The highest BCUT2D eigenvalue weighted by molar-refractivity contribution is 5.94. The van der Waals surface area contributed by atoms with Gasteiger partial charge in [-0.1, -0.05) is 13.3 Å². The van der Waals surface area contributed by atoms with E-state index in [1.165, 1.54) is 12.4 Å². The molecule has 0 spiro atoms. The van der Waals surface area contributed by atoms with Crippen LogP contribution in [0.1, 0.15) is 36.5 Å². The van der Waals surface area contributed by atoms with Crippen LogP contribution in [0.25, 0.3) is 0 Å². The lowest BCUT2D eigenvalue weighted by molar-refractivity contribution is -0.137. The average Bonchev–Trinajstić information content (AvgIpc) is 2.29. The fraction of sp³-hybridized carbons (Fsp3) is 0.417. The van der Waals surface area contributed by atoms with Gasteiger partial charge < -0.3 is 10.4 Å². The molecule has 0 aliphatic rings. The van der Waals surface area contributed by atoms with Crippen molar-refractivity contribution in [3.8, 4) is 0 Å². The first kappa shape index (κ1) is 13.2. The Morgan fingerprint density at radius 3 is 2.59 bits per heavy atom. The van der Waals surface area contributed by atoms with Gasteiger partial charge in [0, 0.05) is 24.0 Å². The van der Waals surface area contributed by atoms with Gasteiger partial charge in [0.15, 0.2) is 0 Å². The topological polar surface area (TPSA) is 79.3 Å². The number of hydrogen-bond donors (Lipinski definition) is 2. The van der Waals surface area contributed by atoms with E-state index in [9.17, 15) is 9.59 Å². The quantitative estimate of drug-likeness (QED) is 0.783. The van der Waals surface area contributed by atoms with Crippen LogP contribution < -0.4 is 5.32 Å². The molecule has 0 aromatic carbocycles. The minimum atomic E-state index is -0.904. The lowest BCUT2D eigenvalue weighted by atomic mass is 10.1. The Balaban J connectivity index is 2.60. The summed E-state index contributed by atoms with van der Waals surface area (Å²) in [5.41, 5.74) is 0.492. The van der Waals surface area contributed by atoms with Crippen molar-refractivity contribution in [2.45, 2.75) is 32.2 Å². The highest BCUT2D eigenvalue weighted by Crippen LogP contribution is 2.04. The molecular weight excluding hydrogens is 220 g/mol. The Morgan fingerprint density at radius 2 is 2.06 bits per heavy atom. The molecule has 5 heteroatoms. The van der Waals surface area contributed by atoms with E-state index >= 15 is 0 Å². The van der Waals surface area contributed by atoms with Crippen LogP contribution in [0.2, 0.25) is 0 Å². The zero-order valence-electron chi connectivity index (χ0n) is 9.72. The zero-order valence-corrected chi connectivity index (χ0v) is 9.72. The summed E-state index contributed by atoms with van der Waals surface area (Å²) < 4.78 is 0. The van der Waals surface area contributed by atoms with E-state index in [0.29, 0.717) is 12.0 Å². The van der Waals surface area contributed by atoms with Gasteiger partial charge >= 0.3 is 5.97 Å². The Hall–Kier alpha value is -1.91. The van der Waals surface area contributed by atoms with E-state index < -0.39 is 5.97 Å². The molecule has 0 fully saturated rings. The lowest BCUT2D eigenvalue weighted by Gasteiger charge is -2.15. The minimum Gasteiger partial charge on any atom is -0.481 e. The van der Waals surface area contributed by atoms with E-state index in [0.717, 1.165) is 6.42 Å². The van der Waals surface area contributed by atoms with Crippen molar-refractivity contribution in [2.75, 3.05) is 0 Å². The summed E-state index contributed by atoms with van der Waals surface area (Å²) in [6.07, 6.45) is 4.49.